The van der Waals surface area contributed by atoms with Gasteiger partial charge in [0.2, 0.25) is 5.91 Å². The number of rotatable bonds is 10. The van der Waals surface area contributed by atoms with Gasteiger partial charge in [-0.2, -0.15) is 5.10 Å². The van der Waals surface area contributed by atoms with Crippen molar-refractivity contribution < 1.29 is 24.2 Å². The van der Waals surface area contributed by atoms with Crippen LogP contribution in [0.5, 0.6) is 5.75 Å². The van der Waals surface area contributed by atoms with E-state index < -0.39 is 0 Å². The number of carbonyl (C=O) groups is 2. The average molecular weight is 500 g/mol. The van der Waals surface area contributed by atoms with Crippen LogP contribution in [0, 0.1) is 5.92 Å². The lowest BCUT2D eigenvalue weighted by Gasteiger charge is -2.33. The first-order valence-corrected chi connectivity index (χ1v) is 12.9. The van der Waals surface area contributed by atoms with Gasteiger partial charge >= 0.3 is 6.03 Å². The van der Waals surface area contributed by atoms with Crippen LogP contribution in [-0.2, 0) is 9.53 Å². The Morgan fingerprint density at radius 1 is 1.19 bits per heavy atom. The van der Waals surface area contributed by atoms with Gasteiger partial charge in [0, 0.05) is 44.4 Å². The molecule has 10 heteroatoms. The third-order valence-electron chi connectivity index (χ3n) is 6.80. The first-order valence-electron chi connectivity index (χ1n) is 12.9. The zero-order chi connectivity index (χ0) is 25.2. The monoisotopic (exact) mass is 499 g/mol. The fraction of sp³-hybridized carbons (Fsp3) is 0.577. The van der Waals surface area contributed by atoms with Crippen molar-refractivity contribution in [3.8, 4) is 16.9 Å². The van der Waals surface area contributed by atoms with Crippen LogP contribution in [0.3, 0.4) is 0 Å². The molecule has 1 aromatic heterocycles. The number of aromatic nitrogens is 2. The molecule has 2 aliphatic rings. The number of morpholine rings is 1. The summed E-state index contributed by atoms with van der Waals surface area (Å²) in [4.78, 5) is 29.9. The Labute approximate surface area is 211 Å². The predicted molar refractivity (Wildman–Crippen MR) is 136 cm³/mol. The van der Waals surface area contributed by atoms with Gasteiger partial charge in [-0.3, -0.25) is 9.89 Å². The lowest BCUT2D eigenvalue weighted by Crippen LogP contribution is -2.49. The number of aromatic amines is 1. The molecule has 3 N–H and O–H groups in total. The Balaban J connectivity index is 1.50. The molecule has 0 bridgehead atoms. The summed E-state index contributed by atoms with van der Waals surface area (Å²) in [5, 5.41) is 19.0. The second-order valence-electron chi connectivity index (χ2n) is 9.43. The van der Waals surface area contributed by atoms with E-state index in [1.165, 1.54) is 6.42 Å². The van der Waals surface area contributed by atoms with E-state index in [0.717, 1.165) is 36.8 Å². The molecule has 4 rings (SSSR count). The standard InChI is InChI=1S/C26H37N5O5/c32-11-4-12-36-24-15-21(22-16-27-28-17-22)7-8-23(24)29-26(34)31(18-20-5-2-1-3-6-20)19-25(33)30-9-13-35-14-10-30/h7-8,15-17,20,32H,1-6,9-14,18-19H2,(H,27,28)(H,29,34). The highest BCUT2D eigenvalue weighted by Gasteiger charge is 2.26. The summed E-state index contributed by atoms with van der Waals surface area (Å²) < 4.78 is 11.3. The van der Waals surface area contributed by atoms with E-state index in [9.17, 15) is 14.7 Å². The van der Waals surface area contributed by atoms with E-state index in [4.69, 9.17) is 9.47 Å². The van der Waals surface area contributed by atoms with Crippen LogP contribution < -0.4 is 10.1 Å². The van der Waals surface area contributed by atoms with Gasteiger partial charge in [0.1, 0.15) is 12.3 Å². The van der Waals surface area contributed by atoms with Gasteiger partial charge in [-0.15, -0.1) is 0 Å². The zero-order valence-electron chi connectivity index (χ0n) is 20.8. The maximum Gasteiger partial charge on any atom is 0.322 e. The summed E-state index contributed by atoms with van der Waals surface area (Å²) in [6.07, 6.45) is 9.68. The van der Waals surface area contributed by atoms with E-state index in [1.54, 1.807) is 28.3 Å². The quantitative estimate of drug-likeness (QED) is 0.432. The third kappa shape index (κ3) is 7.20. The van der Waals surface area contributed by atoms with Crippen molar-refractivity contribution in [3.05, 3.63) is 30.6 Å². The Morgan fingerprint density at radius 3 is 2.72 bits per heavy atom. The SMILES string of the molecule is O=C(CN(CC1CCCCC1)C(=O)Nc1ccc(-c2cn[nH]c2)cc1OCCCO)N1CCOCC1. The molecular weight excluding hydrogens is 462 g/mol. The third-order valence-corrected chi connectivity index (χ3v) is 6.80. The fourth-order valence-corrected chi connectivity index (χ4v) is 4.75. The zero-order valence-corrected chi connectivity index (χ0v) is 20.8. The maximum atomic E-state index is 13.5. The summed E-state index contributed by atoms with van der Waals surface area (Å²) in [7, 11) is 0. The minimum Gasteiger partial charge on any atom is -0.491 e. The number of hydrogen-bond donors (Lipinski definition) is 3. The number of amides is 3. The van der Waals surface area contributed by atoms with E-state index in [1.807, 2.05) is 12.1 Å². The summed E-state index contributed by atoms with van der Waals surface area (Å²) in [5.74, 6) is 0.845. The first-order chi connectivity index (χ1) is 17.6. The number of nitrogens with zero attached hydrogens (tertiary/aromatic N) is 3. The second kappa shape index (κ2) is 13.3. The molecule has 1 aliphatic heterocycles. The molecule has 196 valence electrons. The second-order valence-corrected chi connectivity index (χ2v) is 9.43. The van der Waals surface area contributed by atoms with Crippen LogP contribution in [0.15, 0.2) is 30.6 Å². The lowest BCUT2D eigenvalue weighted by atomic mass is 9.89. The fourth-order valence-electron chi connectivity index (χ4n) is 4.75. The van der Waals surface area contributed by atoms with Crippen LogP contribution >= 0.6 is 0 Å². The molecule has 0 spiro atoms. The minimum absolute atomic E-state index is 0.0158. The van der Waals surface area contributed by atoms with Crippen molar-refractivity contribution in [1.82, 2.24) is 20.0 Å². The number of carbonyl (C=O) groups excluding carboxylic acids is 2. The smallest absolute Gasteiger partial charge is 0.322 e. The van der Waals surface area contributed by atoms with E-state index in [2.05, 4.69) is 15.5 Å². The molecule has 0 radical (unpaired) electrons. The van der Waals surface area contributed by atoms with Crippen LogP contribution in [0.1, 0.15) is 38.5 Å². The summed E-state index contributed by atoms with van der Waals surface area (Å²) in [6.45, 7) is 3.08. The highest BCUT2D eigenvalue weighted by molar-refractivity contribution is 5.94. The van der Waals surface area contributed by atoms with Gasteiger partial charge in [-0.25, -0.2) is 4.79 Å². The average Bonchev–Trinajstić information content (AvgIpc) is 3.45. The lowest BCUT2D eigenvalue weighted by molar-refractivity contribution is -0.135. The maximum absolute atomic E-state index is 13.5. The molecule has 2 aromatic rings. The number of anilines is 1. The Morgan fingerprint density at radius 2 is 2.00 bits per heavy atom. The molecule has 1 aliphatic carbocycles. The highest BCUT2D eigenvalue weighted by Crippen LogP contribution is 2.31. The number of ether oxygens (including phenoxy) is 2. The van der Waals surface area contributed by atoms with Crippen molar-refractivity contribution in [2.75, 3.05) is 57.9 Å². The molecule has 0 unspecified atom stereocenters. The predicted octanol–water partition coefficient (Wildman–Crippen LogP) is 3.11. The Kier molecular flexibility index (Phi) is 9.57. The van der Waals surface area contributed by atoms with Crippen LogP contribution in [0.25, 0.3) is 11.1 Å². The van der Waals surface area contributed by atoms with E-state index in [0.29, 0.717) is 63.2 Å². The first kappa shape index (κ1) is 26.0. The number of hydrogen-bond acceptors (Lipinski definition) is 6. The van der Waals surface area contributed by atoms with Crippen LogP contribution in [0.2, 0.25) is 0 Å². The number of nitrogens with one attached hydrogen (secondary N) is 2. The number of benzene rings is 1. The number of H-pyrrole nitrogens is 1. The summed E-state index contributed by atoms with van der Waals surface area (Å²) in [5.41, 5.74) is 2.31. The number of aliphatic hydroxyl groups is 1. The molecule has 3 amide bonds. The van der Waals surface area contributed by atoms with E-state index >= 15 is 0 Å². The normalized spacial score (nSPS) is 16.5. The van der Waals surface area contributed by atoms with Gasteiger partial charge in [0.15, 0.2) is 0 Å². The molecule has 1 saturated heterocycles. The largest absolute Gasteiger partial charge is 0.491 e. The summed E-state index contributed by atoms with van der Waals surface area (Å²) >= 11 is 0. The topological polar surface area (TPSA) is 120 Å². The Hall–Kier alpha value is -3.11. The van der Waals surface area contributed by atoms with Gasteiger partial charge in [0.25, 0.3) is 0 Å². The molecule has 36 heavy (non-hydrogen) atoms. The Bertz CT molecular complexity index is 971. The van der Waals surface area contributed by atoms with Crippen LogP contribution in [0.4, 0.5) is 10.5 Å². The van der Waals surface area contributed by atoms with Crippen molar-refractivity contribution in [2.45, 2.75) is 38.5 Å². The van der Waals surface area contributed by atoms with Gasteiger partial charge in [-0.1, -0.05) is 25.3 Å². The number of urea groups is 1. The van der Waals surface area contributed by atoms with Crippen LogP contribution in [-0.4, -0.2) is 89.6 Å². The van der Waals surface area contributed by atoms with Crippen molar-refractivity contribution in [1.29, 1.82) is 0 Å². The van der Waals surface area contributed by atoms with Crippen molar-refractivity contribution >= 4 is 17.6 Å². The molecule has 1 saturated carbocycles. The molecular formula is C26H37N5O5. The molecule has 0 atom stereocenters. The molecule has 2 heterocycles. The van der Waals surface area contributed by atoms with E-state index in [-0.39, 0.29) is 25.1 Å². The minimum atomic E-state index is -0.315. The number of aliphatic hydroxyl groups excluding tert-OH is 1. The summed E-state index contributed by atoms with van der Waals surface area (Å²) in [6, 6.07) is 5.23. The molecule has 10 nitrogen and oxygen atoms in total. The highest BCUT2D eigenvalue weighted by atomic mass is 16.5. The van der Waals surface area contributed by atoms with Crippen molar-refractivity contribution in [3.63, 3.8) is 0 Å². The van der Waals surface area contributed by atoms with Crippen molar-refractivity contribution in [2.24, 2.45) is 5.92 Å². The van der Waals surface area contributed by atoms with Gasteiger partial charge in [0.05, 0.1) is 31.7 Å². The van der Waals surface area contributed by atoms with Gasteiger partial charge in [-0.05, 0) is 36.5 Å². The van der Waals surface area contributed by atoms with Gasteiger partial charge < -0.3 is 29.7 Å². The molecule has 2 fully saturated rings. The molecule has 1 aromatic carbocycles.